The van der Waals surface area contributed by atoms with Crippen molar-refractivity contribution in [3.8, 4) is 0 Å². The molecular weight excluding hydrogens is 328 g/mol. The fraction of sp³-hybridized carbons (Fsp3) is 0.588. The van der Waals surface area contributed by atoms with Gasteiger partial charge in [-0.25, -0.2) is 8.42 Å². The van der Waals surface area contributed by atoms with E-state index in [9.17, 15) is 18.3 Å². The number of hydrogen-bond acceptors (Lipinski definition) is 4. The molecule has 2 fully saturated rings. The minimum atomic E-state index is -3.79. The van der Waals surface area contributed by atoms with Crippen molar-refractivity contribution in [1.29, 1.82) is 0 Å². The molecule has 132 valence electrons. The summed E-state index contributed by atoms with van der Waals surface area (Å²) in [4.78, 5) is 14.2. The molecule has 0 unspecified atom stereocenters. The zero-order chi connectivity index (χ0) is 17.3. The summed E-state index contributed by atoms with van der Waals surface area (Å²) in [6, 6.07) is 5.75. The maximum atomic E-state index is 12.9. The van der Waals surface area contributed by atoms with Crippen molar-refractivity contribution in [2.75, 3.05) is 19.6 Å². The van der Waals surface area contributed by atoms with Crippen LogP contribution in [0.2, 0.25) is 0 Å². The van der Waals surface area contributed by atoms with Crippen LogP contribution in [0.5, 0.6) is 0 Å². The molecule has 0 bridgehead atoms. The van der Waals surface area contributed by atoms with E-state index < -0.39 is 22.0 Å². The summed E-state index contributed by atoms with van der Waals surface area (Å²) >= 11 is 0. The highest BCUT2D eigenvalue weighted by Crippen LogP contribution is 2.29. The van der Waals surface area contributed by atoms with E-state index >= 15 is 0 Å². The Morgan fingerprint density at radius 2 is 1.75 bits per heavy atom. The highest BCUT2D eigenvalue weighted by molar-refractivity contribution is 7.89. The van der Waals surface area contributed by atoms with E-state index in [-0.39, 0.29) is 17.5 Å². The van der Waals surface area contributed by atoms with Crippen molar-refractivity contribution in [3.05, 3.63) is 29.8 Å². The second-order valence-electron chi connectivity index (χ2n) is 6.70. The van der Waals surface area contributed by atoms with Crippen LogP contribution in [-0.2, 0) is 14.8 Å². The number of benzene rings is 1. The Kier molecular flexibility index (Phi) is 4.94. The predicted molar refractivity (Wildman–Crippen MR) is 90.3 cm³/mol. The van der Waals surface area contributed by atoms with Crippen LogP contribution in [-0.4, -0.2) is 60.4 Å². The lowest BCUT2D eigenvalue weighted by Gasteiger charge is -2.39. The molecule has 3 rings (SSSR count). The molecule has 2 saturated heterocycles. The number of rotatable bonds is 4. The van der Waals surface area contributed by atoms with Crippen molar-refractivity contribution in [1.82, 2.24) is 9.21 Å². The molecule has 0 amide bonds. The average Bonchev–Trinajstić information content (AvgIpc) is 3.09. The van der Waals surface area contributed by atoms with Gasteiger partial charge in [-0.1, -0.05) is 17.7 Å². The van der Waals surface area contributed by atoms with E-state index in [2.05, 4.69) is 4.90 Å². The Labute approximate surface area is 143 Å². The molecule has 1 aromatic carbocycles. The number of carboxylic acids is 1. The van der Waals surface area contributed by atoms with E-state index in [1.807, 2.05) is 6.92 Å². The van der Waals surface area contributed by atoms with Gasteiger partial charge in [-0.3, -0.25) is 4.79 Å². The fourth-order valence-electron chi connectivity index (χ4n) is 3.72. The van der Waals surface area contributed by atoms with Gasteiger partial charge in [-0.15, -0.1) is 0 Å². The average molecular weight is 352 g/mol. The Morgan fingerprint density at radius 1 is 1.12 bits per heavy atom. The second-order valence-corrected chi connectivity index (χ2v) is 8.59. The molecule has 0 aliphatic carbocycles. The third-order valence-electron chi connectivity index (χ3n) is 5.10. The van der Waals surface area contributed by atoms with Gasteiger partial charge in [-0.2, -0.15) is 4.31 Å². The number of nitrogens with zero attached hydrogens (tertiary/aromatic N) is 2. The molecular formula is C17H24N2O4S. The lowest BCUT2D eigenvalue weighted by atomic mass is 9.98. The molecule has 24 heavy (non-hydrogen) atoms. The zero-order valence-electron chi connectivity index (χ0n) is 13.9. The van der Waals surface area contributed by atoms with Gasteiger partial charge in [0.05, 0.1) is 4.90 Å². The molecule has 0 aromatic heterocycles. The number of piperidine rings is 1. The van der Waals surface area contributed by atoms with Crippen LogP contribution in [0.1, 0.15) is 31.2 Å². The maximum Gasteiger partial charge on any atom is 0.322 e. The van der Waals surface area contributed by atoms with Crippen molar-refractivity contribution >= 4 is 16.0 Å². The summed E-state index contributed by atoms with van der Waals surface area (Å²) in [7, 11) is -3.79. The van der Waals surface area contributed by atoms with Gasteiger partial charge in [0.2, 0.25) is 10.0 Å². The highest BCUT2D eigenvalue weighted by atomic mass is 32.2. The lowest BCUT2D eigenvalue weighted by molar-refractivity contribution is -0.143. The molecule has 0 spiro atoms. The van der Waals surface area contributed by atoms with E-state index in [1.165, 1.54) is 4.31 Å². The number of carboxylic acid groups (broad SMARTS) is 1. The smallest absolute Gasteiger partial charge is 0.322 e. The summed E-state index contributed by atoms with van der Waals surface area (Å²) in [5, 5.41) is 9.60. The Balaban J connectivity index is 1.83. The van der Waals surface area contributed by atoms with E-state index in [1.54, 1.807) is 24.3 Å². The quantitative estimate of drug-likeness (QED) is 0.892. The maximum absolute atomic E-state index is 12.9. The summed E-state index contributed by atoms with van der Waals surface area (Å²) < 4.78 is 27.0. The first-order chi connectivity index (χ1) is 11.4. The van der Waals surface area contributed by atoms with Crippen LogP contribution >= 0.6 is 0 Å². The van der Waals surface area contributed by atoms with Crippen molar-refractivity contribution < 1.29 is 18.3 Å². The normalized spacial score (nSPS) is 26.5. The van der Waals surface area contributed by atoms with E-state index in [0.29, 0.717) is 12.8 Å². The number of aliphatic carboxylic acids is 1. The van der Waals surface area contributed by atoms with Crippen LogP contribution in [0.4, 0.5) is 0 Å². The van der Waals surface area contributed by atoms with E-state index in [0.717, 1.165) is 31.5 Å². The summed E-state index contributed by atoms with van der Waals surface area (Å²) in [6.45, 7) is 4.12. The standard InChI is InChI=1S/C17H24N2O4S/c1-13-4-6-15(7-5-13)24(22,23)19-11-8-14(12-16(19)17(20)21)18-9-2-3-10-18/h4-7,14,16H,2-3,8-12H2,1H3,(H,20,21)/t14-,16-/m0/s1. The van der Waals surface area contributed by atoms with Crippen LogP contribution in [0.3, 0.4) is 0 Å². The first-order valence-corrected chi connectivity index (χ1v) is 9.89. The second kappa shape index (κ2) is 6.82. The molecule has 2 aliphatic heterocycles. The zero-order valence-corrected chi connectivity index (χ0v) is 14.7. The number of hydrogen-bond donors (Lipinski definition) is 1. The topological polar surface area (TPSA) is 77.9 Å². The number of sulfonamides is 1. The summed E-state index contributed by atoms with van der Waals surface area (Å²) in [6.07, 6.45) is 3.33. The van der Waals surface area contributed by atoms with Crippen molar-refractivity contribution in [3.63, 3.8) is 0 Å². The van der Waals surface area contributed by atoms with E-state index in [4.69, 9.17) is 0 Å². The van der Waals surface area contributed by atoms with Crippen molar-refractivity contribution in [2.45, 2.75) is 49.6 Å². The Morgan fingerprint density at radius 3 is 2.33 bits per heavy atom. The van der Waals surface area contributed by atoms with Crippen LogP contribution < -0.4 is 0 Å². The fourth-order valence-corrected chi connectivity index (χ4v) is 5.33. The summed E-state index contributed by atoms with van der Waals surface area (Å²) in [5.41, 5.74) is 0.969. The molecule has 2 aliphatic rings. The third-order valence-corrected chi connectivity index (χ3v) is 7.02. The number of aryl methyl sites for hydroxylation is 1. The molecule has 1 aromatic rings. The first-order valence-electron chi connectivity index (χ1n) is 8.45. The number of carbonyl (C=O) groups is 1. The molecule has 2 atom stereocenters. The molecule has 1 N–H and O–H groups in total. The van der Waals surface area contributed by atoms with Gasteiger partial charge in [0.25, 0.3) is 0 Å². The molecule has 7 heteroatoms. The van der Waals surface area contributed by atoms with Gasteiger partial charge in [0.1, 0.15) is 6.04 Å². The van der Waals surface area contributed by atoms with Gasteiger partial charge < -0.3 is 10.0 Å². The number of likely N-dealkylation sites (tertiary alicyclic amines) is 1. The third kappa shape index (κ3) is 3.34. The molecule has 0 saturated carbocycles. The molecule has 2 heterocycles. The minimum Gasteiger partial charge on any atom is -0.480 e. The largest absolute Gasteiger partial charge is 0.480 e. The monoisotopic (exact) mass is 352 g/mol. The van der Waals surface area contributed by atoms with Gasteiger partial charge in [0, 0.05) is 12.6 Å². The SMILES string of the molecule is Cc1ccc(S(=O)(=O)N2CC[C@H](N3CCCC3)C[C@H]2C(=O)O)cc1. The Hall–Kier alpha value is -1.44. The lowest BCUT2D eigenvalue weighted by Crippen LogP contribution is -2.54. The predicted octanol–water partition coefficient (Wildman–Crippen LogP) is 1.70. The van der Waals surface area contributed by atoms with Crippen LogP contribution in [0.15, 0.2) is 29.2 Å². The minimum absolute atomic E-state index is 0.165. The molecule has 0 radical (unpaired) electrons. The Bertz CT molecular complexity index is 696. The van der Waals surface area contributed by atoms with Gasteiger partial charge >= 0.3 is 5.97 Å². The summed E-state index contributed by atoms with van der Waals surface area (Å²) in [5.74, 6) is -1.06. The van der Waals surface area contributed by atoms with Crippen molar-refractivity contribution in [2.24, 2.45) is 0 Å². The van der Waals surface area contributed by atoms with Gasteiger partial charge in [-0.05, 0) is 57.8 Å². The highest BCUT2D eigenvalue weighted by Gasteiger charge is 2.42. The first kappa shape index (κ1) is 17.4. The van der Waals surface area contributed by atoms with Crippen LogP contribution in [0.25, 0.3) is 0 Å². The van der Waals surface area contributed by atoms with Crippen LogP contribution in [0, 0.1) is 6.92 Å². The van der Waals surface area contributed by atoms with Gasteiger partial charge in [0.15, 0.2) is 0 Å². The molecule has 6 nitrogen and oxygen atoms in total.